The van der Waals surface area contributed by atoms with Gasteiger partial charge in [-0.1, -0.05) is 48.5 Å². The predicted octanol–water partition coefficient (Wildman–Crippen LogP) is 2.50. The van der Waals surface area contributed by atoms with Crippen molar-refractivity contribution in [2.75, 3.05) is 28.4 Å². The standard InChI is InChI=1S/C21H23NO6S/c1-25-20(26-2)18(16-11-7-5-8-12-16)19(15-22,21(20,27-3)28-4)29(23,24)17-13-9-6-10-14-17/h5-14,18H,1-4H3/t18-,19-/m1/s1. The van der Waals surface area contributed by atoms with Gasteiger partial charge in [-0.3, -0.25) is 0 Å². The molecule has 7 nitrogen and oxygen atoms in total. The molecule has 1 saturated carbocycles. The molecule has 0 amide bonds. The van der Waals surface area contributed by atoms with Gasteiger partial charge in [-0.15, -0.1) is 0 Å². The second kappa shape index (κ2) is 7.52. The van der Waals surface area contributed by atoms with Crippen molar-refractivity contribution in [2.45, 2.75) is 27.1 Å². The number of hydrogen-bond acceptors (Lipinski definition) is 7. The number of nitrogens with zero attached hydrogens (tertiary/aromatic N) is 1. The Balaban J connectivity index is 2.42. The summed E-state index contributed by atoms with van der Waals surface area (Å²) in [5.74, 6) is -4.79. The van der Waals surface area contributed by atoms with Gasteiger partial charge in [-0.05, 0) is 17.7 Å². The third kappa shape index (κ3) is 2.40. The highest BCUT2D eigenvalue weighted by Gasteiger charge is 2.90. The van der Waals surface area contributed by atoms with Gasteiger partial charge < -0.3 is 18.9 Å². The molecule has 0 bridgehead atoms. The van der Waals surface area contributed by atoms with Crippen LogP contribution < -0.4 is 0 Å². The fraction of sp³-hybridized carbons (Fsp3) is 0.381. The molecule has 0 unspecified atom stereocenters. The third-order valence-corrected chi connectivity index (χ3v) is 8.03. The van der Waals surface area contributed by atoms with Gasteiger partial charge in [-0.2, -0.15) is 5.26 Å². The van der Waals surface area contributed by atoms with Crippen molar-refractivity contribution in [3.63, 3.8) is 0 Å². The van der Waals surface area contributed by atoms with Crippen molar-refractivity contribution in [3.05, 3.63) is 66.2 Å². The van der Waals surface area contributed by atoms with Gasteiger partial charge in [0.1, 0.15) is 0 Å². The fourth-order valence-corrected chi connectivity index (χ4v) is 6.77. The van der Waals surface area contributed by atoms with Gasteiger partial charge in [0.25, 0.3) is 5.79 Å². The molecule has 0 saturated heterocycles. The molecular formula is C21H23NO6S. The summed E-state index contributed by atoms with van der Waals surface area (Å²) in [5.41, 5.74) is 0.544. The van der Waals surface area contributed by atoms with Gasteiger partial charge in [0.05, 0.1) is 16.9 Å². The highest BCUT2D eigenvalue weighted by molar-refractivity contribution is 7.93. The Hall–Kier alpha value is -2.28. The van der Waals surface area contributed by atoms with E-state index in [-0.39, 0.29) is 4.90 Å². The van der Waals surface area contributed by atoms with Gasteiger partial charge in [0.15, 0.2) is 0 Å². The Morgan fingerprint density at radius 3 is 1.72 bits per heavy atom. The Labute approximate surface area is 170 Å². The zero-order valence-electron chi connectivity index (χ0n) is 16.7. The summed E-state index contributed by atoms with van der Waals surface area (Å²) in [6, 6.07) is 18.5. The van der Waals surface area contributed by atoms with E-state index in [0.29, 0.717) is 5.56 Å². The minimum Gasteiger partial charge on any atom is -0.348 e. The number of methoxy groups -OCH3 is 4. The summed E-state index contributed by atoms with van der Waals surface area (Å²) in [6.45, 7) is 0. The van der Waals surface area contributed by atoms with Crippen LogP contribution in [0.15, 0.2) is 65.6 Å². The monoisotopic (exact) mass is 417 g/mol. The number of ether oxygens (including phenoxy) is 4. The van der Waals surface area contributed by atoms with Crippen molar-refractivity contribution in [2.24, 2.45) is 0 Å². The van der Waals surface area contributed by atoms with E-state index in [1.165, 1.54) is 40.6 Å². The predicted molar refractivity (Wildman–Crippen MR) is 105 cm³/mol. The van der Waals surface area contributed by atoms with Crippen molar-refractivity contribution >= 4 is 9.84 Å². The van der Waals surface area contributed by atoms with Gasteiger partial charge in [0.2, 0.25) is 20.4 Å². The maximum absolute atomic E-state index is 13.9. The summed E-state index contributed by atoms with van der Waals surface area (Å²) < 4.78 is 48.2. The van der Waals surface area contributed by atoms with Crippen LogP contribution in [0.4, 0.5) is 0 Å². The minimum atomic E-state index is -4.31. The third-order valence-electron chi connectivity index (χ3n) is 5.69. The second-order valence-corrected chi connectivity index (χ2v) is 8.73. The van der Waals surface area contributed by atoms with Crippen LogP contribution in [0.3, 0.4) is 0 Å². The van der Waals surface area contributed by atoms with E-state index < -0.39 is 32.1 Å². The molecular weight excluding hydrogens is 394 g/mol. The molecule has 0 N–H and O–H groups in total. The number of rotatable bonds is 7. The van der Waals surface area contributed by atoms with Gasteiger partial charge >= 0.3 is 0 Å². The second-order valence-electron chi connectivity index (χ2n) is 6.61. The topological polar surface area (TPSA) is 94.9 Å². The zero-order valence-corrected chi connectivity index (χ0v) is 17.5. The molecule has 1 aliphatic carbocycles. The first kappa shape index (κ1) is 21.4. The Bertz CT molecular complexity index is 994. The Morgan fingerprint density at radius 2 is 1.31 bits per heavy atom. The molecule has 1 fully saturated rings. The number of nitriles is 1. The summed E-state index contributed by atoms with van der Waals surface area (Å²) >= 11 is 0. The van der Waals surface area contributed by atoms with Gasteiger partial charge in [-0.25, -0.2) is 8.42 Å². The van der Waals surface area contributed by atoms with E-state index in [0.717, 1.165) is 0 Å². The maximum Gasteiger partial charge on any atom is 0.259 e. The van der Waals surface area contributed by atoms with E-state index in [9.17, 15) is 13.7 Å². The number of hydrogen-bond donors (Lipinski definition) is 0. The highest BCUT2D eigenvalue weighted by Crippen LogP contribution is 2.68. The molecule has 2 aromatic rings. The lowest BCUT2D eigenvalue weighted by Crippen LogP contribution is -2.88. The maximum atomic E-state index is 13.9. The number of sulfone groups is 1. The van der Waals surface area contributed by atoms with Crippen LogP contribution in [0, 0.1) is 11.3 Å². The van der Waals surface area contributed by atoms with Crippen LogP contribution in [-0.4, -0.2) is 53.2 Å². The number of benzene rings is 2. The summed E-state index contributed by atoms with van der Waals surface area (Å²) in [6.07, 6.45) is 0. The molecule has 0 radical (unpaired) electrons. The minimum absolute atomic E-state index is 0.0261. The van der Waals surface area contributed by atoms with E-state index in [1.807, 2.05) is 6.07 Å². The van der Waals surface area contributed by atoms with Crippen molar-refractivity contribution in [1.29, 1.82) is 5.26 Å². The van der Waals surface area contributed by atoms with Crippen LogP contribution in [0.25, 0.3) is 0 Å². The molecule has 29 heavy (non-hydrogen) atoms. The van der Waals surface area contributed by atoms with E-state index in [1.54, 1.807) is 48.5 Å². The van der Waals surface area contributed by atoms with Crippen LogP contribution in [0.1, 0.15) is 11.5 Å². The molecule has 0 spiro atoms. The largest absolute Gasteiger partial charge is 0.348 e. The van der Waals surface area contributed by atoms with Crippen molar-refractivity contribution < 1.29 is 27.4 Å². The van der Waals surface area contributed by atoms with Crippen molar-refractivity contribution in [1.82, 2.24) is 0 Å². The molecule has 8 heteroatoms. The summed E-state index contributed by atoms with van der Waals surface area (Å²) in [4.78, 5) is -0.0261. The lowest BCUT2D eigenvalue weighted by Gasteiger charge is -2.66. The van der Waals surface area contributed by atoms with Crippen LogP contribution >= 0.6 is 0 Å². The molecule has 0 aliphatic heterocycles. The highest BCUT2D eigenvalue weighted by atomic mass is 32.2. The molecule has 2 aromatic carbocycles. The first-order valence-electron chi connectivity index (χ1n) is 8.85. The van der Waals surface area contributed by atoms with Crippen LogP contribution in [-0.2, 0) is 28.8 Å². The molecule has 154 valence electrons. The summed E-state index contributed by atoms with van der Waals surface area (Å²) in [7, 11) is 0.958. The van der Waals surface area contributed by atoms with E-state index in [2.05, 4.69) is 0 Å². The van der Waals surface area contributed by atoms with Crippen molar-refractivity contribution in [3.8, 4) is 6.07 Å². The Kier molecular flexibility index (Phi) is 5.56. The SMILES string of the molecule is COC1(OC)[C@H](c2ccccc2)[C@@](C#N)(S(=O)(=O)c2ccccc2)C1(OC)OC. The molecule has 0 heterocycles. The lowest BCUT2D eigenvalue weighted by atomic mass is 9.58. The van der Waals surface area contributed by atoms with E-state index in [4.69, 9.17) is 18.9 Å². The van der Waals surface area contributed by atoms with E-state index >= 15 is 0 Å². The first-order valence-corrected chi connectivity index (χ1v) is 10.3. The fourth-order valence-electron chi connectivity index (χ4n) is 4.50. The quantitative estimate of drug-likeness (QED) is 0.639. The smallest absolute Gasteiger partial charge is 0.259 e. The molecule has 0 aromatic heterocycles. The Morgan fingerprint density at radius 1 is 0.828 bits per heavy atom. The first-order chi connectivity index (χ1) is 13.9. The van der Waals surface area contributed by atoms with Gasteiger partial charge in [0, 0.05) is 28.4 Å². The molecule has 1 aliphatic rings. The average molecular weight is 417 g/mol. The molecule has 3 rings (SSSR count). The average Bonchev–Trinajstić information content (AvgIpc) is 2.76. The van der Waals surface area contributed by atoms with Crippen LogP contribution in [0.2, 0.25) is 0 Å². The molecule has 2 atom stereocenters. The zero-order chi connectivity index (χ0) is 21.3. The summed E-state index contributed by atoms with van der Waals surface area (Å²) in [5, 5.41) is 10.4. The van der Waals surface area contributed by atoms with Crippen LogP contribution in [0.5, 0.6) is 0 Å². The lowest BCUT2D eigenvalue weighted by molar-refractivity contribution is -0.455. The normalized spacial score (nSPS) is 25.0.